The monoisotopic (exact) mass is 248 g/mol. The first kappa shape index (κ1) is 14.1. The lowest BCUT2D eigenvalue weighted by atomic mass is 10.3. The molecule has 0 aromatic carbocycles. The van der Waals surface area contributed by atoms with Gasteiger partial charge in [0.15, 0.2) is 6.29 Å². The molecule has 0 radical (unpaired) electrons. The van der Waals surface area contributed by atoms with E-state index in [2.05, 4.69) is 13.5 Å². The average molecular weight is 248 g/mol. The largest absolute Gasteiger partial charge is 0.398 e. The fourth-order valence-electron chi connectivity index (χ4n) is 1.50. The topological polar surface area (TPSA) is 36.9 Å². The molecule has 0 aliphatic carbocycles. The van der Waals surface area contributed by atoms with Crippen molar-refractivity contribution in [1.29, 1.82) is 0 Å². The van der Waals surface area contributed by atoms with Gasteiger partial charge in [-0.3, -0.25) is 0 Å². The van der Waals surface area contributed by atoms with E-state index in [9.17, 15) is 0 Å². The van der Waals surface area contributed by atoms with Crippen LogP contribution in [-0.2, 0) is 18.3 Å². The van der Waals surface area contributed by atoms with Crippen molar-refractivity contribution in [1.82, 2.24) is 0 Å². The first-order valence-electron chi connectivity index (χ1n) is 6.12. The SMILES string of the molecule is CCCO[Si](C)(CCCOC1CCO1)OC. The highest BCUT2D eigenvalue weighted by Crippen LogP contribution is 2.17. The highest BCUT2D eigenvalue weighted by Gasteiger charge is 2.29. The lowest BCUT2D eigenvalue weighted by Crippen LogP contribution is -2.38. The van der Waals surface area contributed by atoms with Gasteiger partial charge in [0.05, 0.1) is 6.61 Å². The van der Waals surface area contributed by atoms with Crippen LogP contribution < -0.4 is 0 Å². The Labute approximate surface area is 99.5 Å². The van der Waals surface area contributed by atoms with Gasteiger partial charge < -0.3 is 18.3 Å². The fraction of sp³-hybridized carbons (Fsp3) is 1.00. The molecule has 1 rings (SSSR count). The number of ether oxygens (including phenoxy) is 2. The van der Waals surface area contributed by atoms with E-state index in [0.717, 1.165) is 45.1 Å². The average Bonchev–Trinajstić information content (AvgIpc) is 2.24. The molecule has 0 aromatic heterocycles. The van der Waals surface area contributed by atoms with Crippen LogP contribution >= 0.6 is 0 Å². The Kier molecular flexibility index (Phi) is 6.53. The minimum Gasteiger partial charge on any atom is -0.398 e. The molecule has 4 nitrogen and oxygen atoms in total. The summed E-state index contributed by atoms with van der Waals surface area (Å²) < 4.78 is 22.0. The zero-order valence-electron chi connectivity index (χ0n) is 10.7. The Bertz CT molecular complexity index is 187. The first-order valence-corrected chi connectivity index (χ1v) is 8.65. The Hall–Kier alpha value is 0.0569. The normalized spacial score (nSPS) is 23.8. The summed E-state index contributed by atoms with van der Waals surface area (Å²) in [6.07, 6.45) is 3.11. The van der Waals surface area contributed by atoms with E-state index < -0.39 is 8.56 Å². The molecule has 5 heteroatoms. The summed E-state index contributed by atoms with van der Waals surface area (Å²) in [6, 6.07) is 0.982. The summed E-state index contributed by atoms with van der Waals surface area (Å²) >= 11 is 0. The van der Waals surface area contributed by atoms with Crippen molar-refractivity contribution in [3.8, 4) is 0 Å². The van der Waals surface area contributed by atoms with Crippen LogP contribution in [0.3, 0.4) is 0 Å². The van der Waals surface area contributed by atoms with E-state index in [1.165, 1.54) is 0 Å². The Balaban J connectivity index is 2.06. The molecule has 0 aromatic rings. The van der Waals surface area contributed by atoms with Crippen molar-refractivity contribution in [3.05, 3.63) is 0 Å². The van der Waals surface area contributed by atoms with Crippen LogP contribution in [0.15, 0.2) is 0 Å². The second-order valence-electron chi connectivity index (χ2n) is 4.25. The Morgan fingerprint density at radius 3 is 2.62 bits per heavy atom. The van der Waals surface area contributed by atoms with Gasteiger partial charge in [0.25, 0.3) is 0 Å². The van der Waals surface area contributed by atoms with Crippen molar-refractivity contribution in [2.75, 3.05) is 26.9 Å². The van der Waals surface area contributed by atoms with Gasteiger partial charge in [0, 0.05) is 26.7 Å². The summed E-state index contributed by atoms with van der Waals surface area (Å²) in [5, 5.41) is 0. The lowest BCUT2D eigenvalue weighted by molar-refractivity contribution is -0.214. The van der Waals surface area contributed by atoms with Crippen LogP contribution in [0.1, 0.15) is 26.2 Å². The van der Waals surface area contributed by atoms with Crippen molar-refractivity contribution in [2.24, 2.45) is 0 Å². The van der Waals surface area contributed by atoms with E-state index >= 15 is 0 Å². The molecule has 1 aliphatic heterocycles. The van der Waals surface area contributed by atoms with Gasteiger partial charge in [-0.15, -0.1) is 0 Å². The molecule has 1 fully saturated rings. The van der Waals surface area contributed by atoms with E-state index in [0.29, 0.717) is 0 Å². The maximum atomic E-state index is 5.81. The molecule has 1 heterocycles. The maximum absolute atomic E-state index is 5.81. The van der Waals surface area contributed by atoms with Crippen LogP contribution in [0.5, 0.6) is 0 Å². The van der Waals surface area contributed by atoms with Gasteiger partial charge in [-0.05, 0) is 25.4 Å². The summed E-state index contributed by atoms with van der Waals surface area (Å²) in [4.78, 5) is 0. The van der Waals surface area contributed by atoms with Gasteiger partial charge in [-0.2, -0.15) is 0 Å². The van der Waals surface area contributed by atoms with Crippen LogP contribution in [0.4, 0.5) is 0 Å². The molecule has 1 saturated heterocycles. The quantitative estimate of drug-likeness (QED) is 0.463. The van der Waals surface area contributed by atoms with Gasteiger partial charge in [-0.25, -0.2) is 0 Å². The van der Waals surface area contributed by atoms with E-state index in [4.69, 9.17) is 18.3 Å². The van der Waals surface area contributed by atoms with Crippen molar-refractivity contribution < 1.29 is 18.3 Å². The van der Waals surface area contributed by atoms with E-state index in [-0.39, 0.29) is 6.29 Å². The zero-order chi connectivity index (χ0) is 11.9. The van der Waals surface area contributed by atoms with Gasteiger partial charge in [-0.1, -0.05) is 6.92 Å². The fourth-order valence-corrected chi connectivity index (χ4v) is 3.39. The molecule has 16 heavy (non-hydrogen) atoms. The standard InChI is InChI=1S/C11H24O4Si/c1-4-7-15-16(3,12-2)10-5-8-13-11-6-9-14-11/h11H,4-10H2,1-3H3. The lowest BCUT2D eigenvalue weighted by Gasteiger charge is -2.28. The van der Waals surface area contributed by atoms with E-state index in [1.54, 1.807) is 7.11 Å². The molecule has 2 atom stereocenters. The highest BCUT2D eigenvalue weighted by atomic mass is 28.4. The third kappa shape index (κ3) is 4.93. The first-order chi connectivity index (χ1) is 7.70. The van der Waals surface area contributed by atoms with Gasteiger partial charge in [0.2, 0.25) is 0 Å². The molecule has 0 saturated carbocycles. The molecule has 96 valence electrons. The Morgan fingerprint density at radius 2 is 2.12 bits per heavy atom. The molecular weight excluding hydrogens is 224 g/mol. The van der Waals surface area contributed by atoms with Crippen molar-refractivity contribution >= 4 is 8.56 Å². The number of hydrogen-bond donors (Lipinski definition) is 0. The molecule has 1 aliphatic rings. The molecule has 0 spiro atoms. The smallest absolute Gasteiger partial charge is 0.334 e. The summed E-state index contributed by atoms with van der Waals surface area (Å²) in [5.41, 5.74) is 0. The second kappa shape index (κ2) is 7.40. The summed E-state index contributed by atoms with van der Waals surface area (Å²) in [6.45, 7) is 6.61. The molecule has 0 amide bonds. The van der Waals surface area contributed by atoms with E-state index in [1.807, 2.05) is 0 Å². The van der Waals surface area contributed by atoms with Crippen LogP contribution in [-0.4, -0.2) is 41.8 Å². The molecule has 0 N–H and O–H groups in total. The molecule has 0 bridgehead atoms. The van der Waals surface area contributed by atoms with Crippen LogP contribution in [0.25, 0.3) is 0 Å². The van der Waals surface area contributed by atoms with Gasteiger partial charge >= 0.3 is 8.56 Å². The molecule has 2 unspecified atom stereocenters. The number of rotatable bonds is 9. The third-order valence-corrected chi connectivity index (χ3v) is 5.72. The predicted molar refractivity (Wildman–Crippen MR) is 64.6 cm³/mol. The van der Waals surface area contributed by atoms with Gasteiger partial charge in [0.1, 0.15) is 0 Å². The predicted octanol–water partition coefficient (Wildman–Crippen LogP) is 2.28. The van der Waals surface area contributed by atoms with Crippen LogP contribution in [0.2, 0.25) is 12.6 Å². The van der Waals surface area contributed by atoms with Crippen LogP contribution in [0, 0.1) is 0 Å². The summed E-state index contributed by atoms with van der Waals surface area (Å²) in [7, 11) is -0.182. The molecular formula is C11H24O4Si. The highest BCUT2D eigenvalue weighted by molar-refractivity contribution is 6.65. The van der Waals surface area contributed by atoms with Crippen molar-refractivity contribution in [2.45, 2.75) is 45.1 Å². The number of hydrogen-bond acceptors (Lipinski definition) is 4. The summed E-state index contributed by atoms with van der Waals surface area (Å²) in [5.74, 6) is 0. The zero-order valence-corrected chi connectivity index (χ0v) is 11.7. The minimum absolute atomic E-state index is 0.0482. The maximum Gasteiger partial charge on any atom is 0.334 e. The Morgan fingerprint density at radius 1 is 1.38 bits per heavy atom. The van der Waals surface area contributed by atoms with Crippen molar-refractivity contribution in [3.63, 3.8) is 0 Å². The second-order valence-corrected chi connectivity index (χ2v) is 7.71. The third-order valence-electron chi connectivity index (χ3n) is 2.78. The minimum atomic E-state index is -1.93.